The van der Waals surface area contributed by atoms with Crippen LogP contribution < -0.4 is 5.32 Å². The van der Waals surface area contributed by atoms with E-state index < -0.39 is 5.60 Å². The molecule has 0 fully saturated rings. The van der Waals surface area contributed by atoms with Crippen LogP contribution in [-0.2, 0) is 6.54 Å². The van der Waals surface area contributed by atoms with Crippen LogP contribution in [0.3, 0.4) is 0 Å². The number of rotatable bonds is 5. The third kappa shape index (κ3) is 3.92. The van der Waals surface area contributed by atoms with Crippen molar-refractivity contribution in [3.63, 3.8) is 0 Å². The second kappa shape index (κ2) is 5.53. The molecule has 0 unspecified atom stereocenters. The summed E-state index contributed by atoms with van der Waals surface area (Å²) in [6.45, 7) is 5.24. The maximum Gasteiger partial charge on any atom is 0.129 e. The van der Waals surface area contributed by atoms with Gasteiger partial charge in [-0.05, 0) is 45.0 Å². The van der Waals surface area contributed by atoms with E-state index in [0.29, 0.717) is 5.15 Å². The molecule has 0 aliphatic carbocycles. The highest BCUT2D eigenvalue weighted by molar-refractivity contribution is 7.19. The molecule has 98 valence electrons. The number of aromatic nitrogens is 1. The SMILES string of the molecule is CC(C)(O)CCNCc1cc2nc(Cl)ccc2s1. The largest absolute Gasteiger partial charge is 0.390 e. The second-order valence-corrected chi connectivity index (χ2v) is 6.52. The molecule has 0 saturated carbocycles. The number of halogens is 1. The maximum atomic E-state index is 9.60. The second-order valence-electron chi connectivity index (χ2n) is 4.97. The van der Waals surface area contributed by atoms with Gasteiger partial charge in [0.1, 0.15) is 5.15 Å². The van der Waals surface area contributed by atoms with Crippen molar-refractivity contribution in [1.29, 1.82) is 0 Å². The van der Waals surface area contributed by atoms with Gasteiger partial charge in [0, 0.05) is 11.4 Å². The van der Waals surface area contributed by atoms with Crippen LogP contribution in [-0.4, -0.2) is 22.2 Å². The number of fused-ring (bicyclic) bond motifs is 1. The van der Waals surface area contributed by atoms with Crippen molar-refractivity contribution in [3.8, 4) is 0 Å². The lowest BCUT2D eigenvalue weighted by Crippen LogP contribution is -2.26. The lowest BCUT2D eigenvalue weighted by molar-refractivity contribution is 0.0711. The summed E-state index contributed by atoms with van der Waals surface area (Å²) in [5.41, 5.74) is 0.342. The molecule has 2 N–H and O–H groups in total. The van der Waals surface area contributed by atoms with Gasteiger partial charge in [-0.2, -0.15) is 0 Å². The molecule has 0 aliphatic rings. The van der Waals surface area contributed by atoms with Crippen LogP contribution in [0.15, 0.2) is 18.2 Å². The minimum atomic E-state index is -0.609. The van der Waals surface area contributed by atoms with E-state index in [1.54, 1.807) is 11.3 Å². The summed E-state index contributed by atoms with van der Waals surface area (Å²) in [4.78, 5) is 5.50. The molecule has 0 bridgehead atoms. The standard InChI is InChI=1S/C13H17ClN2OS/c1-13(2,17)5-6-15-8-9-7-10-11(18-9)3-4-12(14)16-10/h3-4,7,15,17H,5-6,8H2,1-2H3. The van der Waals surface area contributed by atoms with E-state index in [1.807, 2.05) is 26.0 Å². The molecule has 18 heavy (non-hydrogen) atoms. The van der Waals surface area contributed by atoms with Crippen LogP contribution in [0.2, 0.25) is 5.15 Å². The molecule has 0 radical (unpaired) electrons. The van der Waals surface area contributed by atoms with Crippen LogP contribution in [0.25, 0.3) is 10.2 Å². The van der Waals surface area contributed by atoms with E-state index in [1.165, 1.54) is 4.88 Å². The lowest BCUT2D eigenvalue weighted by Gasteiger charge is -2.16. The number of nitrogens with one attached hydrogen (secondary N) is 1. The van der Waals surface area contributed by atoms with Gasteiger partial charge in [0.2, 0.25) is 0 Å². The molecule has 2 aromatic rings. The summed E-state index contributed by atoms with van der Waals surface area (Å²) in [5, 5.41) is 13.5. The molecule has 0 atom stereocenters. The van der Waals surface area contributed by atoms with Gasteiger partial charge in [0.25, 0.3) is 0 Å². The van der Waals surface area contributed by atoms with Crippen LogP contribution >= 0.6 is 22.9 Å². The monoisotopic (exact) mass is 284 g/mol. The molecular formula is C13H17ClN2OS. The Balaban J connectivity index is 1.92. The van der Waals surface area contributed by atoms with Gasteiger partial charge in [-0.3, -0.25) is 0 Å². The van der Waals surface area contributed by atoms with Crippen molar-refractivity contribution in [2.45, 2.75) is 32.4 Å². The van der Waals surface area contributed by atoms with Crippen molar-refractivity contribution in [2.75, 3.05) is 6.54 Å². The predicted octanol–water partition coefficient (Wildman–Crippen LogP) is 3.20. The van der Waals surface area contributed by atoms with E-state index in [9.17, 15) is 5.11 Å². The summed E-state index contributed by atoms with van der Waals surface area (Å²) in [6, 6.07) is 5.87. The molecule has 0 saturated heterocycles. The Labute approximate surface area is 116 Å². The normalized spacial score (nSPS) is 12.2. The van der Waals surface area contributed by atoms with Crippen LogP contribution in [0.4, 0.5) is 0 Å². The van der Waals surface area contributed by atoms with Crippen molar-refractivity contribution in [2.24, 2.45) is 0 Å². The first-order valence-electron chi connectivity index (χ1n) is 5.92. The zero-order valence-electron chi connectivity index (χ0n) is 10.5. The zero-order valence-corrected chi connectivity index (χ0v) is 12.1. The number of aliphatic hydroxyl groups is 1. The average Bonchev–Trinajstić information content (AvgIpc) is 2.65. The first-order valence-corrected chi connectivity index (χ1v) is 7.11. The Morgan fingerprint density at radius 1 is 1.44 bits per heavy atom. The fourth-order valence-electron chi connectivity index (χ4n) is 1.64. The van der Waals surface area contributed by atoms with E-state index in [-0.39, 0.29) is 0 Å². The topological polar surface area (TPSA) is 45.1 Å². The summed E-state index contributed by atoms with van der Waals surface area (Å²) < 4.78 is 1.15. The molecule has 2 heterocycles. The maximum absolute atomic E-state index is 9.60. The van der Waals surface area contributed by atoms with Gasteiger partial charge in [-0.1, -0.05) is 11.6 Å². The summed E-state index contributed by atoms with van der Waals surface area (Å²) >= 11 is 7.57. The summed E-state index contributed by atoms with van der Waals surface area (Å²) in [5.74, 6) is 0. The molecule has 0 aromatic carbocycles. The van der Waals surface area contributed by atoms with Gasteiger partial charge in [0.15, 0.2) is 0 Å². The Morgan fingerprint density at radius 2 is 2.22 bits per heavy atom. The van der Waals surface area contributed by atoms with Gasteiger partial charge in [-0.15, -0.1) is 11.3 Å². The summed E-state index contributed by atoms with van der Waals surface area (Å²) in [7, 11) is 0. The van der Waals surface area contributed by atoms with Gasteiger partial charge in [0.05, 0.1) is 15.8 Å². The first kappa shape index (κ1) is 13.7. The van der Waals surface area contributed by atoms with Crippen LogP contribution in [0.5, 0.6) is 0 Å². The van der Waals surface area contributed by atoms with Gasteiger partial charge >= 0.3 is 0 Å². The molecular weight excluding hydrogens is 268 g/mol. The van der Waals surface area contributed by atoms with E-state index in [0.717, 1.165) is 29.7 Å². The third-order valence-electron chi connectivity index (χ3n) is 2.60. The first-order chi connectivity index (χ1) is 8.44. The molecule has 2 aromatic heterocycles. The molecule has 0 spiro atoms. The molecule has 0 amide bonds. The predicted molar refractivity (Wildman–Crippen MR) is 77.3 cm³/mol. The van der Waals surface area contributed by atoms with E-state index in [4.69, 9.17) is 11.6 Å². The van der Waals surface area contributed by atoms with Crippen molar-refractivity contribution < 1.29 is 5.11 Å². The van der Waals surface area contributed by atoms with E-state index in [2.05, 4.69) is 16.4 Å². The lowest BCUT2D eigenvalue weighted by atomic mass is 10.1. The number of nitrogens with zero attached hydrogens (tertiary/aromatic N) is 1. The van der Waals surface area contributed by atoms with Crippen molar-refractivity contribution in [3.05, 3.63) is 28.2 Å². The Bertz CT molecular complexity index is 533. The van der Waals surface area contributed by atoms with Gasteiger partial charge in [-0.25, -0.2) is 4.98 Å². The number of hydrogen-bond donors (Lipinski definition) is 2. The van der Waals surface area contributed by atoms with Crippen LogP contribution in [0, 0.1) is 0 Å². The highest BCUT2D eigenvalue weighted by Gasteiger charge is 2.11. The van der Waals surface area contributed by atoms with Gasteiger partial charge < -0.3 is 10.4 Å². The van der Waals surface area contributed by atoms with Crippen molar-refractivity contribution >= 4 is 33.2 Å². The minimum Gasteiger partial charge on any atom is -0.390 e. The minimum absolute atomic E-state index is 0.529. The number of hydrogen-bond acceptors (Lipinski definition) is 4. The molecule has 3 nitrogen and oxygen atoms in total. The highest BCUT2D eigenvalue weighted by atomic mass is 35.5. The number of pyridine rings is 1. The summed E-state index contributed by atoms with van der Waals surface area (Å²) in [6.07, 6.45) is 0.738. The highest BCUT2D eigenvalue weighted by Crippen LogP contribution is 2.25. The van der Waals surface area contributed by atoms with Crippen molar-refractivity contribution in [1.82, 2.24) is 10.3 Å². The van der Waals surface area contributed by atoms with E-state index >= 15 is 0 Å². The fourth-order valence-corrected chi connectivity index (χ4v) is 2.77. The molecule has 5 heteroatoms. The smallest absolute Gasteiger partial charge is 0.129 e. The quantitative estimate of drug-likeness (QED) is 0.655. The zero-order chi connectivity index (χ0) is 13.2. The molecule has 2 rings (SSSR count). The van der Waals surface area contributed by atoms with Crippen LogP contribution in [0.1, 0.15) is 25.1 Å². The average molecular weight is 285 g/mol. The fraction of sp³-hybridized carbons (Fsp3) is 0.462. The molecule has 0 aliphatic heterocycles. The third-order valence-corrected chi connectivity index (χ3v) is 3.90. The Hall–Kier alpha value is -0.680. The Morgan fingerprint density at radius 3 is 2.94 bits per heavy atom. The number of thiophene rings is 1. The Kier molecular flexibility index (Phi) is 4.22.